The number of benzene rings is 1. The average Bonchev–Trinajstić information content (AvgIpc) is 3.30. The normalized spacial score (nSPS) is 14.7. The highest BCUT2D eigenvalue weighted by Crippen LogP contribution is 2.24. The van der Waals surface area contributed by atoms with Crippen LogP contribution < -0.4 is 10.6 Å². The van der Waals surface area contributed by atoms with Gasteiger partial charge in [-0.1, -0.05) is 0 Å². The number of pyridine rings is 2. The van der Waals surface area contributed by atoms with Gasteiger partial charge in [-0.15, -0.1) is 0 Å². The van der Waals surface area contributed by atoms with Crippen molar-refractivity contribution in [2.75, 3.05) is 18.4 Å². The van der Waals surface area contributed by atoms with E-state index in [0.717, 1.165) is 36.1 Å². The number of piperidine rings is 1. The zero-order chi connectivity index (χ0) is 21.9. The van der Waals surface area contributed by atoms with Gasteiger partial charge in [0.25, 0.3) is 0 Å². The summed E-state index contributed by atoms with van der Waals surface area (Å²) in [4.78, 5) is 9.24. The third-order valence-electron chi connectivity index (χ3n) is 5.87. The maximum Gasteiger partial charge on any atom is 0.148 e. The lowest BCUT2D eigenvalue weighted by Crippen LogP contribution is -2.28. The first-order chi connectivity index (χ1) is 15.7. The summed E-state index contributed by atoms with van der Waals surface area (Å²) in [5.41, 5.74) is 3.35. The van der Waals surface area contributed by atoms with Gasteiger partial charge in [-0.2, -0.15) is 5.10 Å². The first-order valence-corrected chi connectivity index (χ1v) is 10.9. The van der Waals surface area contributed by atoms with Crippen molar-refractivity contribution in [3.05, 3.63) is 72.1 Å². The summed E-state index contributed by atoms with van der Waals surface area (Å²) >= 11 is 0. The van der Waals surface area contributed by atoms with E-state index in [1.165, 1.54) is 23.6 Å². The maximum absolute atomic E-state index is 14.7. The van der Waals surface area contributed by atoms with E-state index < -0.39 is 5.82 Å². The van der Waals surface area contributed by atoms with Crippen molar-refractivity contribution >= 4 is 22.4 Å². The van der Waals surface area contributed by atoms with E-state index in [9.17, 15) is 4.39 Å². The fourth-order valence-corrected chi connectivity index (χ4v) is 4.10. The number of aliphatic hydroxyl groups excluding tert-OH is 1. The molecule has 1 aliphatic heterocycles. The van der Waals surface area contributed by atoms with Crippen molar-refractivity contribution < 1.29 is 9.50 Å². The van der Waals surface area contributed by atoms with Crippen LogP contribution in [0.3, 0.4) is 0 Å². The summed E-state index contributed by atoms with van der Waals surface area (Å²) in [6, 6.07) is 12.5. The van der Waals surface area contributed by atoms with Crippen LogP contribution in [0.1, 0.15) is 24.2 Å². The smallest absolute Gasteiger partial charge is 0.148 e. The Morgan fingerprint density at radius 1 is 1.09 bits per heavy atom. The van der Waals surface area contributed by atoms with Crippen molar-refractivity contribution in [3.63, 3.8) is 0 Å². The monoisotopic (exact) mass is 432 g/mol. The molecule has 1 aliphatic rings. The molecule has 0 radical (unpaired) electrons. The summed E-state index contributed by atoms with van der Waals surface area (Å²) < 4.78 is 16.3. The van der Waals surface area contributed by atoms with Crippen LogP contribution in [0.25, 0.3) is 16.6 Å². The summed E-state index contributed by atoms with van der Waals surface area (Å²) in [6.45, 7) is 1.99. The molecule has 1 fully saturated rings. The molecule has 0 saturated carbocycles. The molecule has 4 heterocycles. The molecule has 0 spiro atoms. The van der Waals surface area contributed by atoms with Crippen LogP contribution in [-0.2, 0) is 13.0 Å². The first-order valence-electron chi connectivity index (χ1n) is 10.9. The Bertz CT molecular complexity index is 1230. The Morgan fingerprint density at radius 2 is 1.97 bits per heavy atom. The standard InChI is InChI=1S/C24H25FN6O/c25-21-12-20(31-10-7-19(15-32)30-31)3-4-22(21)29-24-13-23-17(14-27-24)1-2-18(28-23)11-16-5-8-26-9-6-16/h1-4,7,10,12-14,16,26,32H,5-6,8-9,11,15H2,(H,27,29). The third kappa shape index (κ3) is 4.46. The molecule has 3 aromatic heterocycles. The number of aliphatic hydroxyl groups is 1. The molecular formula is C24H25FN6O. The van der Waals surface area contributed by atoms with Crippen molar-refractivity contribution in [1.29, 1.82) is 0 Å². The number of anilines is 2. The molecule has 7 nitrogen and oxygen atoms in total. The molecule has 1 aromatic carbocycles. The zero-order valence-electron chi connectivity index (χ0n) is 17.6. The zero-order valence-corrected chi connectivity index (χ0v) is 17.6. The number of hydrogen-bond donors (Lipinski definition) is 3. The molecule has 0 unspecified atom stereocenters. The molecule has 32 heavy (non-hydrogen) atoms. The van der Waals surface area contributed by atoms with Gasteiger partial charge in [0.05, 0.1) is 29.2 Å². The maximum atomic E-state index is 14.7. The SMILES string of the molecule is OCc1ccn(-c2ccc(Nc3cc4nc(CC5CCNCC5)ccc4cn3)c(F)c2)n1. The summed E-state index contributed by atoms with van der Waals surface area (Å²) in [6.07, 6.45) is 6.77. The number of fused-ring (bicyclic) bond motifs is 1. The van der Waals surface area contributed by atoms with Gasteiger partial charge in [-0.25, -0.2) is 14.1 Å². The van der Waals surface area contributed by atoms with Crippen LogP contribution in [0.2, 0.25) is 0 Å². The Hall–Kier alpha value is -3.36. The van der Waals surface area contributed by atoms with Crippen LogP contribution in [0.15, 0.2) is 54.9 Å². The minimum atomic E-state index is -0.418. The van der Waals surface area contributed by atoms with Gasteiger partial charge >= 0.3 is 0 Å². The lowest BCUT2D eigenvalue weighted by atomic mass is 9.93. The Labute approximate surface area is 185 Å². The van der Waals surface area contributed by atoms with E-state index in [4.69, 9.17) is 10.1 Å². The highest BCUT2D eigenvalue weighted by Gasteiger charge is 2.15. The van der Waals surface area contributed by atoms with Crippen molar-refractivity contribution in [1.82, 2.24) is 25.1 Å². The van der Waals surface area contributed by atoms with E-state index in [-0.39, 0.29) is 6.61 Å². The molecule has 0 amide bonds. The number of halogens is 1. The highest BCUT2D eigenvalue weighted by atomic mass is 19.1. The minimum absolute atomic E-state index is 0.156. The number of aromatic nitrogens is 4. The van der Waals surface area contributed by atoms with Gasteiger partial charge in [-0.05, 0) is 68.6 Å². The predicted octanol–water partition coefficient (Wildman–Crippen LogP) is 3.73. The van der Waals surface area contributed by atoms with Crippen molar-refractivity contribution in [2.24, 2.45) is 5.92 Å². The summed E-state index contributed by atoms with van der Waals surface area (Å²) in [5.74, 6) is 0.784. The van der Waals surface area contributed by atoms with E-state index >= 15 is 0 Å². The quantitative estimate of drug-likeness (QED) is 0.430. The molecule has 4 aromatic rings. The van der Waals surface area contributed by atoms with Crippen LogP contribution in [0.4, 0.5) is 15.9 Å². The van der Waals surface area contributed by atoms with E-state index in [2.05, 4.69) is 32.8 Å². The van der Waals surface area contributed by atoms with Gasteiger partial charge < -0.3 is 15.7 Å². The van der Waals surface area contributed by atoms with Gasteiger partial charge in [0.2, 0.25) is 0 Å². The van der Waals surface area contributed by atoms with Gasteiger partial charge in [0, 0.05) is 35.6 Å². The fraction of sp³-hybridized carbons (Fsp3) is 0.292. The molecular weight excluding hydrogens is 407 g/mol. The molecule has 3 N–H and O–H groups in total. The second-order valence-corrected chi connectivity index (χ2v) is 8.16. The Kier molecular flexibility index (Phi) is 5.79. The molecule has 0 bridgehead atoms. The summed E-state index contributed by atoms with van der Waals surface area (Å²) in [5, 5.41) is 20.8. The highest BCUT2D eigenvalue weighted by molar-refractivity contribution is 5.81. The Balaban J connectivity index is 1.35. The molecule has 0 atom stereocenters. The number of hydrogen-bond acceptors (Lipinski definition) is 6. The average molecular weight is 433 g/mol. The third-order valence-corrected chi connectivity index (χ3v) is 5.87. The molecule has 5 rings (SSSR count). The van der Waals surface area contributed by atoms with Crippen LogP contribution in [0, 0.1) is 11.7 Å². The van der Waals surface area contributed by atoms with Gasteiger partial charge in [-0.3, -0.25) is 4.98 Å². The second kappa shape index (κ2) is 9.02. The van der Waals surface area contributed by atoms with Crippen molar-refractivity contribution in [3.8, 4) is 5.69 Å². The topological polar surface area (TPSA) is 87.9 Å². The first kappa shape index (κ1) is 20.5. The van der Waals surface area contributed by atoms with Crippen LogP contribution >= 0.6 is 0 Å². The van der Waals surface area contributed by atoms with E-state index in [0.29, 0.717) is 28.8 Å². The van der Waals surface area contributed by atoms with Gasteiger partial charge in [0.1, 0.15) is 11.6 Å². The molecule has 0 aliphatic carbocycles. The van der Waals surface area contributed by atoms with Gasteiger partial charge in [0.15, 0.2) is 0 Å². The van der Waals surface area contributed by atoms with Crippen LogP contribution in [-0.4, -0.2) is 37.9 Å². The summed E-state index contributed by atoms with van der Waals surface area (Å²) in [7, 11) is 0. The second-order valence-electron chi connectivity index (χ2n) is 8.16. The lowest BCUT2D eigenvalue weighted by molar-refractivity contribution is 0.276. The fourth-order valence-electron chi connectivity index (χ4n) is 4.10. The lowest BCUT2D eigenvalue weighted by Gasteiger charge is -2.22. The molecule has 164 valence electrons. The van der Waals surface area contributed by atoms with E-state index in [1.807, 2.05) is 6.07 Å². The van der Waals surface area contributed by atoms with Crippen LogP contribution in [0.5, 0.6) is 0 Å². The number of rotatable bonds is 6. The minimum Gasteiger partial charge on any atom is -0.390 e. The predicted molar refractivity (Wildman–Crippen MR) is 122 cm³/mol. The molecule has 1 saturated heterocycles. The Morgan fingerprint density at radius 3 is 2.75 bits per heavy atom. The number of nitrogens with zero attached hydrogens (tertiary/aromatic N) is 4. The molecule has 8 heteroatoms. The number of nitrogens with one attached hydrogen (secondary N) is 2. The largest absolute Gasteiger partial charge is 0.390 e. The van der Waals surface area contributed by atoms with E-state index in [1.54, 1.807) is 30.6 Å². The van der Waals surface area contributed by atoms with Crippen molar-refractivity contribution in [2.45, 2.75) is 25.9 Å².